The average molecular weight is 320 g/mol. The molecule has 1 amide bonds. The van der Waals surface area contributed by atoms with Gasteiger partial charge in [0.25, 0.3) is 15.9 Å². The van der Waals surface area contributed by atoms with Gasteiger partial charge < -0.3 is 4.42 Å². The lowest BCUT2D eigenvalue weighted by Gasteiger charge is -2.09. The van der Waals surface area contributed by atoms with Gasteiger partial charge in [-0.1, -0.05) is 6.07 Å². The molecule has 1 aromatic heterocycles. The van der Waals surface area contributed by atoms with Crippen LogP contribution in [0.15, 0.2) is 39.8 Å². The Bertz CT molecular complexity index is 824. The summed E-state index contributed by atoms with van der Waals surface area (Å²) in [7, 11) is -3.79. The monoisotopic (exact) mass is 320 g/mol. The third-order valence-corrected chi connectivity index (χ3v) is 5.03. The highest BCUT2D eigenvalue weighted by Crippen LogP contribution is 2.24. The Morgan fingerprint density at radius 3 is 2.68 bits per heavy atom. The lowest BCUT2D eigenvalue weighted by molar-refractivity contribution is 0.0943. The molecule has 3 rings (SSSR count). The maximum atomic E-state index is 12.2. The van der Waals surface area contributed by atoms with Crippen molar-refractivity contribution in [2.45, 2.75) is 31.1 Å². The first kappa shape index (κ1) is 14.8. The second-order valence-electron chi connectivity index (χ2n) is 5.23. The number of sulfonamides is 1. The molecule has 2 N–H and O–H groups in total. The zero-order valence-corrected chi connectivity index (χ0v) is 12.9. The summed E-state index contributed by atoms with van der Waals surface area (Å²) in [6, 6.07) is 6.54. The third-order valence-electron chi connectivity index (χ3n) is 3.78. The maximum absolute atomic E-state index is 12.2. The second-order valence-corrected chi connectivity index (χ2v) is 6.92. The van der Waals surface area contributed by atoms with Gasteiger partial charge in [-0.15, -0.1) is 4.83 Å². The van der Waals surface area contributed by atoms with Crippen molar-refractivity contribution < 1.29 is 17.6 Å². The first-order chi connectivity index (χ1) is 10.5. The molecule has 7 heteroatoms. The summed E-state index contributed by atoms with van der Waals surface area (Å²) < 4.78 is 29.5. The number of fused-ring (bicyclic) bond motifs is 1. The molecule has 1 aliphatic rings. The minimum absolute atomic E-state index is 0.150. The molecular weight excluding hydrogens is 304 g/mol. The number of hydrogen-bond acceptors (Lipinski definition) is 4. The number of rotatable bonds is 4. The Morgan fingerprint density at radius 1 is 1.18 bits per heavy atom. The van der Waals surface area contributed by atoms with Crippen molar-refractivity contribution in [1.29, 1.82) is 0 Å². The Balaban J connectivity index is 1.74. The number of hydrazine groups is 1. The number of hydrogen-bond donors (Lipinski definition) is 2. The van der Waals surface area contributed by atoms with Crippen molar-refractivity contribution >= 4 is 15.9 Å². The first-order valence-electron chi connectivity index (χ1n) is 6.95. The lowest BCUT2D eigenvalue weighted by atomic mass is 10.1. The highest BCUT2D eigenvalue weighted by atomic mass is 32.2. The van der Waals surface area contributed by atoms with Gasteiger partial charge in [-0.3, -0.25) is 10.2 Å². The number of benzene rings is 1. The van der Waals surface area contributed by atoms with Crippen molar-refractivity contribution in [2.24, 2.45) is 0 Å². The average Bonchev–Trinajstić information content (AvgIpc) is 3.12. The summed E-state index contributed by atoms with van der Waals surface area (Å²) >= 11 is 0. The van der Waals surface area contributed by atoms with Gasteiger partial charge in [-0.05, 0) is 55.5 Å². The number of furan rings is 1. The van der Waals surface area contributed by atoms with E-state index in [0.29, 0.717) is 5.76 Å². The van der Waals surface area contributed by atoms with Gasteiger partial charge in [0.05, 0.1) is 16.7 Å². The van der Waals surface area contributed by atoms with E-state index in [0.717, 1.165) is 24.8 Å². The van der Waals surface area contributed by atoms with Crippen LogP contribution in [0, 0.1) is 6.92 Å². The van der Waals surface area contributed by atoms with Crippen molar-refractivity contribution in [1.82, 2.24) is 10.3 Å². The molecule has 1 heterocycles. The van der Waals surface area contributed by atoms with E-state index in [1.54, 1.807) is 19.1 Å². The van der Waals surface area contributed by atoms with Gasteiger partial charge in [0.1, 0.15) is 5.76 Å². The molecule has 0 saturated heterocycles. The topological polar surface area (TPSA) is 88.4 Å². The fourth-order valence-electron chi connectivity index (χ4n) is 2.58. The Kier molecular flexibility index (Phi) is 3.76. The van der Waals surface area contributed by atoms with Crippen LogP contribution in [-0.4, -0.2) is 14.3 Å². The Labute approximate surface area is 128 Å². The number of carbonyl (C=O) groups excluding carboxylic acids is 1. The number of nitrogens with one attached hydrogen (secondary N) is 2. The summed E-state index contributed by atoms with van der Waals surface area (Å²) in [4.78, 5) is 14.2. The third kappa shape index (κ3) is 2.77. The van der Waals surface area contributed by atoms with E-state index in [1.165, 1.54) is 17.9 Å². The quantitative estimate of drug-likeness (QED) is 0.839. The van der Waals surface area contributed by atoms with E-state index >= 15 is 0 Å². The van der Waals surface area contributed by atoms with E-state index in [4.69, 9.17) is 4.42 Å². The summed E-state index contributed by atoms with van der Waals surface area (Å²) in [5.41, 5.74) is 4.73. The van der Waals surface area contributed by atoms with Gasteiger partial charge in [0.2, 0.25) is 0 Å². The van der Waals surface area contributed by atoms with E-state index in [9.17, 15) is 13.2 Å². The molecule has 0 radical (unpaired) electrons. The molecule has 0 unspecified atom stereocenters. The van der Waals surface area contributed by atoms with Gasteiger partial charge in [-0.25, -0.2) is 8.42 Å². The molecule has 0 spiro atoms. The van der Waals surface area contributed by atoms with Crippen LogP contribution < -0.4 is 10.3 Å². The van der Waals surface area contributed by atoms with E-state index in [2.05, 4.69) is 10.3 Å². The number of aryl methyl sites for hydroxylation is 3. The Morgan fingerprint density at radius 2 is 1.95 bits per heavy atom. The molecule has 0 aliphatic heterocycles. The predicted molar refractivity (Wildman–Crippen MR) is 79.7 cm³/mol. The second kappa shape index (κ2) is 5.58. The van der Waals surface area contributed by atoms with Crippen molar-refractivity contribution in [3.8, 4) is 0 Å². The molecule has 116 valence electrons. The first-order valence-corrected chi connectivity index (χ1v) is 8.44. The minimum atomic E-state index is -3.79. The molecule has 0 fully saturated rings. The minimum Gasteiger partial charge on any atom is -0.469 e. The van der Waals surface area contributed by atoms with Crippen LogP contribution in [-0.2, 0) is 22.9 Å². The fraction of sp³-hybridized carbons (Fsp3) is 0.267. The predicted octanol–water partition coefficient (Wildman–Crippen LogP) is 1.70. The molecule has 6 nitrogen and oxygen atoms in total. The highest BCUT2D eigenvalue weighted by Gasteiger charge is 2.20. The van der Waals surface area contributed by atoms with Crippen molar-refractivity contribution in [2.75, 3.05) is 0 Å². The normalized spacial score (nSPS) is 13.9. The molecule has 1 aliphatic carbocycles. The van der Waals surface area contributed by atoms with Crippen LogP contribution in [0.3, 0.4) is 0 Å². The molecule has 2 aromatic rings. The summed E-state index contributed by atoms with van der Waals surface area (Å²) in [5.74, 6) is -0.134. The summed E-state index contributed by atoms with van der Waals surface area (Å²) in [6.07, 6.45) is 4.29. The number of amides is 1. The van der Waals surface area contributed by atoms with E-state index in [-0.39, 0.29) is 10.5 Å². The lowest BCUT2D eigenvalue weighted by Crippen LogP contribution is -2.41. The summed E-state index contributed by atoms with van der Waals surface area (Å²) in [5, 5.41) is 0. The van der Waals surface area contributed by atoms with Crippen molar-refractivity contribution in [3.05, 3.63) is 53.0 Å². The largest absolute Gasteiger partial charge is 0.469 e. The Hall–Kier alpha value is -2.12. The molecule has 1 aromatic carbocycles. The SMILES string of the molecule is Cc1occc1C(=O)NNS(=O)(=O)c1ccc2c(c1)CCC2. The van der Waals surface area contributed by atoms with E-state index in [1.807, 2.05) is 6.07 Å². The molecule has 0 bridgehead atoms. The van der Waals surface area contributed by atoms with Crippen LogP contribution in [0.1, 0.15) is 33.7 Å². The zero-order valence-electron chi connectivity index (χ0n) is 12.0. The standard InChI is InChI=1S/C15H16N2O4S/c1-10-14(7-8-21-10)15(18)16-17-22(19,20)13-6-5-11-3-2-4-12(11)9-13/h5-9,17H,2-4H2,1H3,(H,16,18). The van der Waals surface area contributed by atoms with Gasteiger partial charge in [0.15, 0.2) is 0 Å². The highest BCUT2D eigenvalue weighted by molar-refractivity contribution is 7.89. The summed E-state index contributed by atoms with van der Waals surface area (Å²) in [6.45, 7) is 1.63. The molecule has 0 saturated carbocycles. The van der Waals surface area contributed by atoms with Crippen LogP contribution in [0.25, 0.3) is 0 Å². The van der Waals surface area contributed by atoms with Crippen LogP contribution in [0.5, 0.6) is 0 Å². The smallest absolute Gasteiger partial charge is 0.269 e. The number of carbonyl (C=O) groups is 1. The maximum Gasteiger partial charge on any atom is 0.269 e. The molecule has 0 atom stereocenters. The van der Waals surface area contributed by atoms with E-state index < -0.39 is 15.9 Å². The molecule has 22 heavy (non-hydrogen) atoms. The van der Waals surface area contributed by atoms with Crippen molar-refractivity contribution in [3.63, 3.8) is 0 Å². The molecular formula is C15H16N2O4S. The zero-order chi connectivity index (χ0) is 15.7. The van der Waals surface area contributed by atoms with Gasteiger partial charge in [0, 0.05) is 0 Å². The van der Waals surface area contributed by atoms with Crippen LogP contribution >= 0.6 is 0 Å². The van der Waals surface area contributed by atoms with Gasteiger partial charge in [-0.2, -0.15) is 0 Å². The fourth-order valence-corrected chi connectivity index (χ4v) is 3.47. The van der Waals surface area contributed by atoms with Crippen LogP contribution in [0.2, 0.25) is 0 Å². The van der Waals surface area contributed by atoms with Gasteiger partial charge >= 0.3 is 0 Å². The van der Waals surface area contributed by atoms with Crippen LogP contribution in [0.4, 0.5) is 0 Å².